The van der Waals surface area contributed by atoms with E-state index in [0.717, 1.165) is 44.6 Å². The van der Waals surface area contributed by atoms with Crippen LogP contribution in [0.25, 0.3) is 0 Å². The first kappa shape index (κ1) is 39.9. The van der Waals surface area contributed by atoms with Crippen LogP contribution in [0.3, 0.4) is 0 Å². The van der Waals surface area contributed by atoms with Gasteiger partial charge in [-0.1, -0.05) is 76.8 Å². The first-order valence-corrected chi connectivity index (χ1v) is 17.1. The van der Waals surface area contributed by atoms with Gasteiger partial charge < -0.3 is 30.5 Å². The molecule has 41 heavy (non-hydrogen) atoms. The standard InChI is InChI=1S/C18H30O3S.C13H31N3O3/c1-2-3-4-5-6-7-8-9-10-11-13-17-14-12-15-18(16-17)22(19,20)21;1-11(17)8-15-5-4-14-6-7-16(9-12(2)18)10-13(3)19/h12,14-16H,2-11,13H2,1H3,(H,19,20,21);11-15,17-19H,4-10H2,1-3H3/p-1. The minimum absolute atomic E-state index is 0.114. The number of aliphatic hydroxyl groups excluding tert-OH is 3. The van der Waals surface area contributed by atoms with E-state index in [1.807, 2.05) is 11.0 Å². The topological polar surface area (TPSA) is 145 Å². The predicted octanol–water partition coefficient (Wildman–Crippen LogP) is 3.66. The molecule has 10 heteroatoms. The Morgan fingerprint density at radius 2 is 1.32 bits per heavy atom. The summed E-state index contributed by atoms with van der Waals surface area (Å²) in [6.45, 7) is 12.5. The summed E-state index contributed by atoms with van der Waals surface area (Å²) in [4.78, 5) is 1.93. The minimum atomic E-state index is -4.33. The number of unbranched alkanes of at least 4 members (excludes halogenated alkanes) is 9. The summed E-state index contributed by atoms with van der Waals surface area (Å²) in [5.74, 6) is 0. The van der Waals surface area contributed by atoms with Crippen LogP contribution >= 0.6 is 0 Å². The van der Waals surface area contributed by atoms with Crippen molar-refractivity contribution in [3.05, 3.63) is 29.8 Å². The molecule has 0 aliphatic carbocycles. The van der Waals surface area contributed by atoms with Gasteiger partial charge in [-0.05, 0) is 51.3 Å². The second-order valence-corrected chi connectivity index (χ2v) is 12.7. The maximum absolute atomic E-state index is 11.0. The average Bonchev–Trinajstić information content (AvgIpc) is 2.88. The SMILES string of the molecule is CC(O)CNCCNCCN(CC(C)O)CC(C)O.CCCCCCCCCCCCc1cccc(S(=O)(=O)[O-])c1. The van der Waals surface area contributed by atoms with Crippen LogP contribution in [-0.4, -0.2) is 97.3 Å². The van der Waals surface area contributed by atoms with Crippen molar-refractivity contribution in [3.63, 3.8) is 0 Å². The van der Waals surface area contributed by atoms with Gasteiger partial charge in [0, 0.05) is 45.8 Å². The van der Waals surface area contributed by atoms with Gasteiger partial charge in [-0.2, -0.15) is 0 Å². The quantitative estimate of drug-likeness (QED) is 0.0884. The molecule has 0 bridgehead atoms. The number of benzene rings is 1. The van der Waals surface area contributed by atoms with Crippen molar-refractivity contribution in [1.29, 1.82) is 0 Å². The predicted molar refractivity (Wildman–Crippen MR) is 167 cm³/mol. The smallest absolute Gasteiger partial charge is 0.124 e. The first-order chi connectivity index (χ1) is 19.5. The number of hydrogen-bond acceptors (Lipinski definition) is 9. The van der Waals surface area contributed by atoms with Gasteiger partial charge in [0.15, 0.2) is 0 Å². The van der Waals surface area contributed by atoms with Crippen LogP contribution in [0.1, 0.15) is 97.5 Å². The van der Waals surface area contributed by atoms with E-state index in [1.165, 1.54) is 69.9 Å². The van der Waals surface area contributed by atoms with Crippen molar-refractivity contribution < 1.29 is 28.3 Å². The third-order valence-electron chi connectivity index (χ3n) is 6.57. The van der Waals surface area contributed by atoms with Crippen molar-refractivity contribution in [2.45, 2.75) is 122 Å². The van der Waals surface area contributed by atoms with Crippen LogP contribution in [-0.2, 0) is 16.5 Å². The molecule has 0 heterocycles. The summed E-state index contributed by atoms with van der Waals surface area (Å²) < 4.78 is 32.9. The summed E-state index contributed by atoms with van der Waals surface area (Å²) in [7, 11) is -4.33. The molecule has 0 saturated carbocycles. The molecule has 0 amide bonds. The maximum atomic E-state index is 11.0. The van der Waals surface area contributed by atoms with Crippen molar-refractivity contribution >= 4 is 10.1 Å². The van der Waals surface area contributed by atoms with E-state index in [2.05, 4.69) is 17.6 Å². The van der Waals surface area contributed by atoms with E-state index < -0.39 is 10.1 Å². The molecule has 0 aliphatic heterocycles. The minimum Gasteiger partial charge on any atom is -0.744 e. The van der Waals surface area contributed by atoms with E-state index in [0.29, 0.717) is 19.6 Å². The molecule has 1 aromatic rings. The largest absolute Gasteiger partial charge is 0.744 e. The molecule has 0 fully saturated rings. The zero-order chi connectivity index (χ0) is 30.9. The molecule has 242 valence electrons. The first-order valence-electron chi connectivity index (χ1n) is 15.7. The normalized spacial score (nSPS) is 14.0. The van der Waals surface area contributed by atoms with E-state index in [-0.39, 0.29) is 23.2 Å². The third-order valence-corrected chi connectivity index (χ3v) is 7.41. The maximum Gasteiger partial charge on any atom is 0.124 e. The van der Waals surface area contributed by atoms with Gasteiger partial charge in [0.25, 0.3) is 0 Å². The highest BCUT2D eigenvalue weighted by Crippen LogP contribution is 2.15. The number of nitrogens with zero attached hydrogens (tertiary/aromatic N) is 1. The van der Waals surface area contributed by atoms with Crippen LogP contribution in [0.2, 0.25) is 0 Å². The van der Waals surface area contributed by atoms with Crippen molar-refractivity contribution in [2.75, 3.05) is 45.8 Å². The van der Waals surface area contributed by atoms with E-state index >= 15 is 0 Å². The fourth-order valence-corrected chi connectivity index (χ4v) is 5.07. The zero-order valence-electron chi connectivity index (χ0n) is 26.2. The zero-order valence-corrected chi connectivity index (χ0v) is 27.0. The van der Waals surface area contributed by atoms with Gasteiger partial charge >= 0.3 is 0 Å². The third kappa shape index (κ3) is 26.3. The Morgan fingerprint density at radius 1 is 0.780 bits per heavy atom. The summed E-state index contributed by atoms with van der Waals surface area (Å²) in [6.07, 6.45) is 12.6. The number of aliphatic hydroxyl groups is 3. The van der Waals surface area contributed by atoms with Crippen LogP contribution < -0.4 is 10.6 Å². The highest BCUT2D eigenvalue weighted by Gasteiger charge is 2.10. The lowest BCUT2D eigenvalue weighted by atomic mass is 10.0. The van der Waals surface area contributed by atoms with Gasteiger partial charge in [-0.15, -0.1) is 0 Å². The molecule has 0 radical (unpaired) electrons. The average molecular weight is 603 g/mol. The molecule has 0 spiro atoms. The van der Waals surface area contributed by atoms with Gasteiger partial charge in [0.05, 0.1) is 23.2 Å². The van der Waals surface area contributed by atoms with Gasteiger partial charge in [-0.3, -0.25) is 4.90 Å². The summed E-state index contributed by atoms with van der Waals surface area (Å²) in [5.41, 5.74) is 0.941. The summed E-state index contributed by atoms with van der Waals surface area (Å²) >= 11 is 0. The molecule has 0 aromatic heterocycles. The lowest BCUT2D eigenvalue weighted by Crippen LogP contribution is -2.41. The van der Waals surface area contributed by atoms with E-state index in [4.69, 9.17) is 5.11 Å². The highest BCUT2D eigenvalue weighted by molar-refractivity contribution is 7.85. The van der Waals surface area contributed by atoms with E-state index in [1.54, 1.807) is 26.8 Å². The van der Waals surface area contributed by atoms with Crippen LogP contribution in [0.4, 0.5) is 0 Å². The molecular weight excluding hydrogens is 542 g/mol. The van der Waals surface area contributed by atoms with Crippen LogP contribution in [0.5, 0.6) is 0 Å². The Morgan fingerprint density at radius 3 is 1.83 bits per heavy atom. The molecule has 5 N–H and O–H groups in total. The molecule has 9 nitrogen and oxygen atoms in total. The molecule has 1 aromatic carbocycles. The fraction of sp³-hybridized carbons (Fsp3) is 0.806. The summed E-state index contributed by atoms with van der Waals surface area (Å²) in [6, 6.07) is 6.42. The van der Waals surface area contributed by atoms with Crippen molar-refractivity contribution in [1.82, 2.24) is 15.5 Å². The molecular formula is C31H60N3O6S-. The Kier molecular flexibility index (Phi) is 24.7. The molecule has 0 saturated heterocycles. The Labute approximate surface area is 250 Å². The Balaban J connectivity index is 0.000000790. The Hall–Kier alpha value is -1.11. The Bertz CT molecular complexity index is 827. The van der Waals surface area contributed by atoms with Crippen LogP contribution in [0.15, 0.2) is 29.2 Å². The van der Waals surface area contributed by atoms with Crippen molar-refractivity contribution in [2.24, 2.45) is 0 Å². The summed E-state index contributed by atoms with van der Waals surface area (Å²) in [5, 5.41) is 34.2. The number of aryl methyl sites for hydroxylation is 1. The monoisotopic (exact) mass is 602 g/mol. The number of hydrogen-bond donors (Lipinski definition) is 5. The molecule has 3 atom stereocenters. The lowest BCUT2D eigenvalue weighted by Gasteiger charge is -2.25. The van der Waals surface area contributed by atoms with Gasteiger partial charge in [-0.25, -0.2) is 8.42 Å². The molecule has 1 rings (SSSR count). The van der Waals surface area contributed by atoms with Crippen molar-refractivity contribution in [3.8, 4) is 0 Å². The second kappa shape index (κ2) is 25.4. The fourth-order valence-electron chi connectivity index (χ4n) is 4.53. The van der Waals surface area contributed by atoms with Crippen LogP contribution in [0, 0.1) is 0 Å². The van der Waals surface area contributed by atoms with Gasteiger partial charge in [0.1, 0.15) is 10.1 Å². The second-order valence-electron chi connectivity index (χ2n) is 11.3. The van der Waals surface area contributed by atoms with E-state index in [9.17, 15) is 23.2 Å². The number of nitrogens with one attached hydrogen (secondary N) is 2. The molecule has 3 unspecified atom stereocenters. The molecule has 0 aliphatic rings. The van der Waals surface area contributed by atoms with Gasteiger partial charge in [0.2, 0.25) is 0 Å². The lowest BCUT2D eigenvalue weighted by molar-refractivity contribution is 0.0842. The highest BCUT2D eigenvalue weighted by atomic mass is 32.2. The number of rotatable bonds is 24.